The van der Waals surface area contributed by atoms with E-state index >= 15 is 4.79 Å². The number of fused-ring (bicyclic) bond motifs is 4. The van der Waals surface area contributed by atoms with Gasteiger partial charge >= 0.3 is 6.18 Å². The molecule has 248 valence electrons. The summed E-state index contributed by atoms with van der Waals surface area (Å²) in [5.74, 6) is -6.58. The SMILES string of the molecule is CCN1C(=O)C2CC=C3C(CC4C(=O)N(Nc5ncc(C(F)(F)F)cc5Cl)C(=O)C4(c4ccc(Cl)cc4)C3c3cccc(O)c3)C2C1=O. The second kappa shape index (κ2) is 11.3. The number of carbonyl (C=O) groups is 4. The number of imide groups is 2. The summed E-state index contributed by atoms with van der Waals surface area (Å²) in [6.07, 6.45) is -2.06. The van der Waals surface area contributed by atoms with Crippen LogP contribution in [0.1, 0.15) is 42.4 Å². The summed E-state index contributed by atoms with van der Waals surface area (Å²) in [5.41, 5.74) is 1.39. The van der Waals surface area contributed by atoms with Gasteiger partial charge < -0.3 is 5.11 Å². The molecule has 0 radical (unpaired) electrons. The molecular formula is C34H27Cl2F3N4O5. The van der Waals surface area contributed by atoms with E-state index in [-0.39, 0.29) is 42.8 Å². The van der Waals surface area contributed by atoms with Gasteiger partial charge in [0.2, 0.25) is 11.8 Å². The molecule has 0 bridgehead atoms. The van der Waals surface area contributed by atoms with Crippen molar-refractivity contribution in [3.8, 4) is 5.75 Å². The molecule has 6 unspecified atom stereocenters. The number of carbonyl (C=O) groups excluding carboxylic acids is 4. The Labute approximate surface area is 282 Å². The highest BCUT2D eigenvalue weighted by Gasteiger charge is 2.70. The van der Waals surface area contributed by atoms with Crippen molar-refractivity contribution >= 4 is 52.6 Å². The number of nitrogens with one attached hydrogen (secondary N) is 1. The molecule has 2 saturated heterocycles. The Morgan fingerprint density at radius 1 is 1.00 bits per heavy atom. The second-order valence-electron chi connectivity index (χ2n) is 12.4. The van der Waals surface area contributed by atoms with E-state index in [1.807, 2.05) is 6.08 Å². The van der Waals surface area contributed by atoms with Crippen LogP contribution in [0.15, 0.2) is 72.4 Å². The van der Waals surface area contributed by atoms with Crippen LogP contribution in [0.3, 0.4) is 0 Å². The van der Waals surface area contributed by atoms with Crippen molar-refractivity contribution in [3.05, 3.63) is 99.2 Å². The smallest absolute Gasteiger partial charge is 0.417 e. The number of aromatic hydroxyl groups is 1. The van der Waals surface area contributed by atoms with Crippen LogP contribution < -0.4 is 5.43 Å². The van der Waals surface area contributed by atoms with Gasteiger partial charge in [-0.15, -0.1) is 0 Å². The number of hydrogen-bond acceptors (Lipinski definition) is 7. The van der Waals surface area contributed by atoms with Crippen LogP contribution >= 0.6 is 23.2 Å². The van der Waals surface area contributed by atoms with Gasteiger partial charge in [0.05, 0.1) is 33.8 Å². The third kappa shape index (κ3) is 4.63. The monoisotopic (exact) mass is 698 g/mol. The number of amides is 4. The quantitative estimate of drug-likeness (QED) is 0.244. The van der Waals surface area contributed by atoms with Crippen molar-refractivity contribution in [2.75, 3.05) is 12.0 Å². The van der Waals surface area contributed by atoms with E-state index in [0.717, 1.165) is 5.01 Å². The number of nitrogens with zero attached hydrogens (tertiary/aromatic N) is 3. The van der Waals surface area contributed by atoms with E-state index in [0.29, 0.717) is 34.0 Å². The number of phenolic OH excluding ortho intramolecular Hbond substituents is 1. The molecule has 2 aliphatic carbocycles. The van der Waals surface area contributed by atoms with Gasteiger partial charge in [-0.3, -0.25) is 29.5 Å². The summed E-state index contributed by atoms with van der Waals surface area (Å²) < 4.78 is 40.0. The normalized spacial score (nSPS) is 28.3. The van der Waals surface area contributed by atoms with Crippen molar-refractivity contribution in [1.29, 1.82) is 0 Å². The van der Waals surface area contributed by atoms with Gasteiger partial charge in [0.1, 0.15) is 5.75 Å². The van der Waals surface area contributed by atoms with Gasteiger partial charge in [0, 0.05) is 23.7 Å². The Bertz CT molecular complexity index is 1920. The van der Waals surface area contributed by atoms with Crippen LogP contribution in [0.2, 0.25) is 10.0 Å². The minimum absolute atomic E-state index is 0.0123. The molecular weight excluding hydrogens is 672 g/mol. The van der Waals surface area contributed by atoms with Gasteiger partial charge in [0.25, 0.3) is 11.8 Å². The zero-order valence-corrected chi connectivity index (χ0v) is 26.7. The zero-order valence-electron chi connectivity index (χ0n) is 25.2. The Morgan fingerprint density at radius 3 is 2.38 bits per heavy atom. The Morgan fingerprint density at radius 2 is 1.73 bits per heavy atom. The summed E-state index contributed by atoms with van der Waals surface area (Å²) >= 11 is 12.5. The number of alkyl halides is 3. The lowest BCUT2D eigenvalue weighted by Crippen LogP contribution is -2.53. The van der Waals surface area contributed by atoms with Crippen LogP contribution in [-0.4, -0.2) is 50.2 Å². The van der Waals surface area contributed by atoms with Gasteiger partial charge in [-0.2, -0.15) is 18.2 Å². The number of halogens is 5. The Hall–Kier alpha value is -4.42. The fraction of sp³-hybridized carbons (Fsp3) is 0.324. The van der Waals surface area contributed by atoms with Crippen LogP contribution in [-0.2, 0) is 30.8 Å². The molecule has 6 atom stereocenters. The maximum Gasteiger partial charge on any atom is 0.417 e. The number of allylic oxidation sites excluding steroid dienone is 2. The Kier molecular flexibility index (Phi) is 7.59. The first-order valence-electron chi connectivity index (χ1n) is 15.3. The average molecular weight is 700 g/mol. The molecule has 9 nitrogen and oxygen atoms in total. The number of anilines is 1. The number of hydrazine groups is 1. The lowest BCUT2D eigenvalue weighted by Gasteiger charge is -2.50. The van der Waals surface area contributed by atoms with Crippen LogP contribution in [0.25, 0.3) is 0 Å². The first-order valence-corrected chi connectivity index (χ1v) is 16.0. The van der Waals surface area contributed by atoms with Gasteiger partial charge in [-0.1, -0.05) is 59.1 Å². The lowest BCUT2D eigenvalue weighted by atomic mass is 9.49. The van der Waals surface area contributed by atoms with Gasteiger partial charge in [0.15, 0.2) is 5.82 Å². The number of pyridine rings is 1. The first kappa shape index (κ1) is 32.1. The summed E-state index contributed by atoms with van der Waals surface area (Å²) in [4.78, 5) is 61.6. The van der Waals surface area contributed by atoms with Crippen LogP contribution in [0.4, 0.5) is 19.0 Å². The molecule has 4 amide bonds. The summed E-state index contributed by atoms with van der Waals surface area (Å²) in [7, 11) is 0. The highest BCUT2D eigenvalue weighted by Crippen LogP contribution is 2.64. The summed E-state index contributed by atoms with van der Waals surface area (Å²) in [5, 5.41) is 11.2. The minimum Gasteiger partial charge on any atom is -0.508 e. The minimum atomic E-state index is -4.73. The molecule has 3 aromatic rings. The van der Waals surface area contributed by atoms with Gasteiger partial charge in [-0.25, -0.2) is 4.98 Å². The molecule has 1 saturated carbocycles. The third-order valence-corrected chi connectivity index (χ3v) is 10.7. The zero-order chi connectivity index (χ0) is 34.3. The predicted molar refractivity (Wildman–Crippen MR) is 167 cm³/mol. The number of aromatic nitrogens is 1. The molecule has 2 aliphatic heterocycles. The van der Waals surface area contributed by atoms with Crippen LogP contribution in [0, 0.1) is 23.7 Å². The molecule has 7 rings (SSSR count). The molecule has 14 heteroatoms. The molecule has 4 aliphatic rings. The molecule has 2 N–H and O–H groups in total. The number of hydrogen-bond donors (Lipinski definition) is 2. The van der Waals surface area contributed by atoms with E-state index in [2.05, 4.69) is 10.4 Å². The fourth-order valence-electron chi connectivity index (χ4n) is 8.24. The van der Waals surface area contributed by atoms with Crippen molar-refractivity contribution in [2.45, 2.75) is 37.3 Å². The van der Waals surface area contributed by atoms with E-state index < -0.39 is 63.6 Å². The van der Waals surface area contributed by atoms with Crippen molar-refractivity contribution in [3.63, 3.8) is 0 Å². The van der Waals surface area contributed by atoms with E-state index in [1.54, 1.807) is 43.3 Å². The first-order chi connectivity index (χ1) is 22.8. The molecule has 3 heterocycles. The number of rotatable bonds is 5. The summed E-state index contributed by atoms with van der Waals surface area (Å²) in [6, 6.07) is 13.4. The number of likely N-dealkylation sites (tertiary alicyclic amines) is 1. The van der Waals surface area contributed by atoms with E-state index in [9.17, 15) is 32.7 Å². The number of phenols is 1. The molecule has 48 heavy (non-hydrogen) atoms. The second-order valence-corrected chi connectivity index (χ2v) is 13.3. The van der Waals surface area contributed by atoms with Gasteiger partial charge in [-0.05, 0) is 67.1 Å². The molecule has 3 fully saturated rings. The van der Waals surface area contributed by atoms with E-state index in [4.69, 9.17) is 23.2 Å². The van der Waals surface area contributed by atoms with Crippen LogP contribution in [0.5, 0.6) is 5.75 Å². The topological polar surface area (TPSA) is 120 Å². The van der Waals surface area contributed by atoms with Crippen molar-refractivity contribution < 1.29 is 37.5 Å². The fourth-order valence-corrected chi connectivity index (χ4v) is 8.57. The largest absolute Gasteiger partial charge is 0.508 e. The highest BCUT2D eigenvalue weighted by molar-refractivity contribution is 6.33. The number of benzene rings is 2. The van der Waals surface area contributed by atoms with Crippen molar-refractivity contribution in [2.24, 2.45) is 23.7 Å². The molecule has 2 aromatic carbocycles. The maximum absolute atomic E-state index is 15.0. The predicted octanol–water partition coefficient (Wildman–Crippen LogP) is 6.12. The average Bonchev–Trinajstić information content (AvgIpc) is 3.42. The third-order valence-electron chi connectivity index (χ3n) is 10.2. The standard InChI is InChI=1S/C34H27Cl2F3N4O5/c1-2-42-29(45)22-11-10-21-23(26(22)31(42)47)14-24-30(46)43(41-28-25(36)13-18(15-40-28)34(37,38)39)32(48)33(24,17-6-8-19(35)9-7-17)27(21)16-4-3-5-20(44)12-16/h3-10,12-13,15,22-24,26-27,44H,2,11,14H2,1H3,(H,40,41). The lowest BCUT2D eigenvalue weighted by molar-refractivity contribution is -0.141. The summed E-state index contributed by atoms with van der Waals surface area (Å²) in [6.45, 7) is 1.91. The highest BCUT2D eigenvalue weighted by atomic mass is 35.5. The Balaban J connectivity index is 1.43. The van der Waals surface area contributed by atoms with E-state index in [1.165, 1.54) is 17.0 Å². The molecule has 1 aromatic heterocycles. The van der Waals surface area contributed by atoms with Crippen molar-refractivity contribution in [1.82, 2.24) is 14.9 Å². The molecule has 0 spiro atoms. The maximum atomic E-state index is 15.0.